The molecule has 3 aromatic rings. The van der Waals surface area contributed by atoms with Crippen molar-refractivity contribution in [1.29, 1.82) is 0 Å². The molecule has 230 valence electrons. The second-order valence-electron chi connectivity index (χ2n) is 12.9. The van der Waals surface area contributed by atoms with Crippen molar-refractivity contribution in [3.8, 4) is 28.1 Å². The Kier molecular flexibility index (Phi) is 7.06. The van der Waals surface area contributed by atoms with Crippen LogP contribution in [0.15, 0.2) is 42.6 Å². The van der Waals surface area contributed by atoms with Crippen molar-refractivity contribution < 1.29 is 35.3 Å². The van der Waals surface area contributed by atoms with Gasteiger partial charge < -0.3 is 13.9 Å². The van der Waals surface area contributed by atoms with E-state index in [0.717, 1.165) is 53.6 Å². The molecule has 3 aliphatic rings. The van der Waals surface area contributed by atoms with E-state index in [1.807, 2.05) is 45.0 Å². The van der Waals surface area contributed by atoms with E-state index >= 15 is 0 Å². The number of carbonyl (C=O) groups is 1. The third-order valence-corrected chi connectivity index (χ3v) is 9.50. The van der Waals surface area contributed by atoms with Gasteiger partial charge in [-0.05, 0) is 92.5 Å². The van der Waals surface area contributed by atoms with Gasteiger partial charge in [0.25, 0.3) is 0 Å². The number of aromatic amines is 1. The summed E-state index contributed by atoms with van der Waals surface area (Å²) in [5.41, 5.74) is -1.24. The zero-order valence-corrected chi connectivity index (χ0v) is 25.2. The van der Waals surface area contributed by atoms with E-state index in [4.69, 9.17) is 4.74 Å². The fourth-order valence-electron chi connectivity index (χ4n) is 6.78. The van der Waals surface area contributed by atoms with Crippen LogP contribution in [0.1, 0.15) is 88.2 Å². The van der Waals surface area contributed by atoms with Crippen LogP contribution in [-0.2, 0) is 14.9 Å². The number of aromatic nitrogens is 2. The molecule has 2 aromatic carbocycles. The van der Waals surface area contributed by atoms with Gasteiger partial charge in [-0.25, -0.2) is 9.78 Å². The van der Waals surface area contributed by atoms with Gasteiger partial charge in [0.15, 0.2) is 0 Å². The Balaban J connectivity index is 1.26. The number of ether oxygens (including phenoxy) is 1. The number of halogens is 3. The lowest BCUT2D eigenvalue weighted by atomic mass is 9.85. The standard InChI is InChI=1S/C31H34F3N3O5S/c1-17-13-24(37(16-17)29(38)41-30(2,3)4)28-35-15-23(36-28)19-7-5-18(6-8-19)22-11-12-25(42-43(39,40)31(32,33)34)27-21-10-9-20(14-21)26(22)27/h5-8,11-12,15,17,20-21,24H,9-10,13-14,16H2,1-4H3,(H,35,36). The van der Waals surface area contributed by atoms with Crippen LogP contribution < -0.4 is 4.18 Å². The smallest absolute Gasteiger partial charge is 0.444 e. The summed E-state index contributed by atoms with van der Waals surface area (Å²) in [6.07, 6.45) is 4.60. The first-order chi connectivity index (χ1) is 20.1. The summed E-state index contributed by atoms with van der Waals surface area (Å²) in [4.78, 5) is 22.6. The van der Waals surface area contributed by atoms with Crippen LogP contribution in [0.4, 0.5) is 18.0 Å². The number of nitrogens with zero attached hydrogens (tertiary/aromatic N) is 2. The molecule has 2 aliphatic carbocycles. The molecular formula is C31H34F3N3O5S. The van der Waals surface area contributed by atoms with Gasteiger partial charge in [0.05, 0.1) is 17.9 Å². The highest BCUT2D eigenvalue weighted by Crippen LogP contribution is 2.58. The molecule has 6 rings (SSSR count). The lowest BCUT2D eigenvalue weighted by Gasteiger charge is -2.27. The maximum Gasteiger partial charge on any atom is 0.534 e. The number of benzene rings is 2. The first-order valence-corrected chi connectivity index (χ1v) is 15.8. The van der Waals surface area contributed by atoms with Crippen molar-refractivity contribution >= 4 is 16.2 Å². The van der Waals surface area contributed by atoms with E-state index in [-0.39, 0.29) is 29.7 Å². The number of alkyl halides is 3. The van der Waals surface area contributed by atoms with E-state index in [9.17, 15) is 26.4 Å². The van der Waals surface area contributed by atoms with Gasteiger partial charge in [-0.3, -0.25) is 4.90 Å². The van der Waals surface area contributed by atoms with Gasteiger partial charge in [0.1, 0.15) is 17.2 Å². The number of nitrogens with one attached hydrogen (secondary N) is 1. The normalized spacial score (nSPS) is 23.5. The first-order valence-electron chi connectivity index (χ1n) is 14.4. The van der Waals surface area contributed by atoms with Gasteiger partial charge in [0, 0.05) is 12.1 Å². The molecule has 1 N–H and O–H groups in total. The predicted molar refractivity (Wildman–Crippen MR) is 154 cm³/mol. The Hall–Kier alpha value is -3.54. The van der Waals surface area contributed by atoms with Crippen molar-refractivity contribution in [2.45, 2.75) is 82.4 Å². The highest BCUT2D eigenvalue weighted by Gasteiger charge is 2.50. The Morgan fingerprint density at radius 3 is 2.28 bits per heavy atom. The molecular weight excluding hydrogens is 583 g/mol. The first kappa shape index (κ1) is 29.5. The summed E-state index contributed by atoms with van der Waals surface area (Å²) in [6.45, 7) is 8.20. The molecule has 4 unspecified atom stereocenters. The Morgan fingerprint density at radius 1 is 0.977 bits per heavy atom. The molecule has 8 nitrogen and oxygen atoms in total. The third kappa shape index (κ3) is 5.49. The van der Waals surface area contributed by atoms with Crippen LogP contribution in [0, 0.1) is 5.92 Å². The molecule has 1 amide bonds. The Morgan fingerprint density at radius 2 is 1.63 bits per heavy atom. The molecule has 2 fully saturated rings. The van der Waals surface area contributed by atoms with Crippen molar-refractivity contribution in [3.05, 3.63) is 59.5 Å². The molecule has 12 heteroatoms. The van der Waals surface area contributed by atoms with E-state index < -0.39 is 21.2 Å². The minimum Gasteiger partial charge on any atom is -0.444 e. The molecule has 43 heavy (non-hydrogen) atoms. The predicted octanol–water partition coefficient (Wildman–Crippen LogP) is 7.65. The molecule has 2 bridgehead atoms. The number of hydrogen-bond acceptors (Lipinski definition) is 6. The zero-order valence-electron chi connectivity index (χ0n) is 24.4. The SMILES string of the molecule is CC1CC(c2ncc(-c3ccc(-c4ccc(OS(=O)(=O)C(F)(F)F)c5c4C4CCC5C4)cc3)[nH]2)N(C(=O)OC(C)(C)C)C1. The number of rotatable bonds is 5. The summed E-state index contributed by atoms with van der Waals surface area (Å²) >= 11 is 0. The second-order valence-corrected chi connectivity index (χ2v) is 14.4. The number of likely N-dealkylation sites (tertiary alicyclic amines) is 1. The highest BCUT2D eigenvalue weighted by atomic mass is 32.2. The average Bonchev–Trinajstić information content (AvgIpc) is 3.71. The van der Waals surface area contributed by atoms with Crippen LogP contribution in [0.25, 0.3) is 22.4 Å². The van der Waals surface area contributed by atoms with Crippen molar-refractivity contribution in [3.63, 3.8) is 0 Å². The lowest BCUT2D eigenvalue weighted by molar-refractivity contribution is -0.0500. The molecule has 4 atom stereocenters. The Labute approximate surface area is 248 Å². The van der Waals surface area contributed by atoms with Crippen LogP contribution in [0.2, 0.25) is 0 Å². The lowest BCUT2D eigenvalue weighted by Crippen LogP contribution is -2.37. The second kappa shape index (κ2) is 10.3. The van der Waals surface area contributed by atoms with Crippen LogP contribution in [0.5, 0.6) is 5.75 Å². The number of carbonyl (C=O) groups excluding carboxylic acids is 1. The van der Waals surface area contributed by atoms with Crippen LogP contribution in [0.3, 0.4) is 0 Å². The van der Waals surface area contributed by atoms with Crippen molar-refractivity contribution in [1.82, 2.24) is 14.9 Å². The van der Waals surface area contributed by atoms with E-state index in [0.29, 0.717) is 23.9 Å². The van der Waals surface area contributed by atoms with Gasteiger partial charge in [0.2, 0.25) is 0 Å². The van der Waals surface area contributed by atoms with Crippen molar-refractivity contribution in [2.75, 3.05) is 6.54 Å². The highest BCUT2D eigenvalue weighted by molar-refractivity contribution is 7.88. The number of fused-ring (bicyclic) bond motifs is 5. The quantitative estimate of drug-likeness (QED) is 0.233. The summed E-state index contributed by atoms with van der Waals surface area (Å²) in [6, 6.07) is 10.5. The van der Waals surface area contributed by atoms with Gasteiger partial charge in [-0.2, -0.15) is 21.6 Å². The molecule has 2 heterocycles. The number of amides is 1. The zero-order chi connectivity index (χ0) is 30.9. The van der Waals surface area contributed by atoms with E-state index in [1.165, 1.54) is 6.07 Å². The summed E-state index contributed by atoms with van der Waals surface area (Å²) < 4.78 is 73.0. The fraction of sp³-hybridized carbons (Fsp3) is 0.484. The molecule has 1 aromatic heterocycles. The summed E-state index contributed by atoms with van der Waals surface area (Å²) in [7, 11) is -5.76. The third-order valence-electron chi connectivity index (χ3n) is 8.54. The maximum absolute atomic E-state index is 13.1. The molecule has 1 saturated heterocycles. The van der Waals surface area contributed by atoms with Gasteiger partial charge in [-0.1, -0.05) is 37.3 Å². The number of hydrogen-bond donors (Lipinski definition) is 1. The van der Waals surface area contributed by atoms with Crippen LogP contribution in [-0.4, -0.2) is 47.0 Å². The molecule has 1 saturated carbocycles. The van der Waals surface area contributed by atoms with Crippen molar-refractivity contribution in [2.24, 2.45) is 5.92 Å². The minimum atomic E-state index is -5.76. The van der Waals surface area contributed by atoms with E-state index in [2.05, 4.69) is 21.1 Å². The molecule has 1 aliphatic heterocycles. The number of imidazole rings is 1. The Bertz CT molecular complexity index is 1660. The summed E-state index contributed by atoms with van der Waals surface area (Å²) in [5, 5.41) is 0. The summed E-state index contributed by atoms with van der Waals surface area (Å²) in [5.74, 6) is 0.870. The largest absolute Gasteiger partial charge is 0.534 e. The average molecular weight is 618 g/mol. The molecule has 0 spiro atoms. The monoisotopic (exact) mass is 617 g/mol. The minimum absolute atomic E-state index is 0.0281. The maximum atomic E-state index is 13.1. The number of H-pyrrole nitrogens is 1. The molecule has 0 radical (unpaired) electrons. The fourth-order valence-corrected chi connectivity index (χ4v) is 7.26. The van der Waals surface area contributed by atoms with Crippen LogP contribution >= 0.6 is 0 Å². The topological polar surface area (TPSA) is 102 Å². The van der Waals surface area contributed by atoms with E-state index in [1.54, 1.807) is 17.2 Å². The van der Waals surface area contributed by atoms with Gasteiger partial charge >= 0.3 is 21.7 Å². The van der Waals surface area contributed by atoms with Gasteiger partial charge in [-0.15, -0.1) is 0 Å².